The summed E-state index contributed by atoms with van der Waals surface area (Å²) >= 11 is 12.1. The lowest BCUT2D eigenvalue weighted by Crippen LogP contribution is -2.27. The third-order valence-corrected chi connectivity index (χ3v) is 4.70. The molecule has 3 rings (SSSR count). The number of benzene rings is 2. The van der Waals surface area contributed by atoms with Gasteiger partial charge in [-0.2, -0.15) is 0 Å². The molecule has 0 bridgehead atoms. The normalized spacial score (nSPS) is 18.8. The van der Waals surface area contributed by atoms with E-state index < -0.39 is 0 Å². The minimum Gasteiger partial charge on any atom is -0.352 e. The van der Waals surface area contributed by atoms with Gasteiger partial charge in [0.15, 0.2) is 0 Å². The molecule has 0 spiro atoms. The topological polar surface area (TPSA) is 58.2 Å². The average molecular weight is 363 g/mol. The lowest BCUT2D eigenvalue weighted by molar-refractivity contribution is -0.125. The number of para-hydroxylation sites is 1. The maximum absolute atomic E-state index is 12.2. The summed E-state index contributed by atoms with van der Waals surface area (Å²) < 4.78 is 0. The van der Waals surface area contributed by atoms with Gasteiger partial charge in [0.25, 0.3) is 0 Å². The van der Waals surface area contributed by atoms with Gasteiger partial charge in [-0.15, -0.1) is 0 Å². The predicted octanol–water partition coefficient (Wildman–Crippen LogP) is 3.88. The summed E-state index contributed by atoms with van der Waals surface area (Å²) in [4.78, 5) is 24.4. The van der Waals surface area contributed by atoms with E-state index in [-0.39, 0.29) is 23.7 Å². The molecule has 1 saturated carbocycles. The van der Waals surface area contributed by atoms with Gasteiger partial charge < -0.3 is 10.6 Å². The molecule has 0 radical (unpaired) electrons. The Morgan fingerprint density at radius 1 is 0.917 bits per heavy atom. The Bertz CT molecular complexity index is 779. The first-order valence-corrected chi connectivity index (χ1v) is 8.38. The predicted molar refractivity (Wildman–Crippen MR) is 95.0 cm³/mol. The second kappa shape index (κ2) is 7.24. The van der Waals surface area contributed by atoms with Gasteiger partial charge in [0.2, 0.25) is 11.8 Å². The lowest BCUT2D eigenvalue weighted by atomic mass is 10.2. The molecule has 124 valence electrons. The number of amides is 2. The second-order valence-corrected chi connectivity index (χ2v) is 6.54. The number of carbonyl (C=O) groups excluding carboxylic acids is 2. The molecule has 2 amide bonds. The number of rotatable bonds is 5. The molecule has 2 aromatic rings. The van der Waals surface area contributed by atoms with E-state index >= 15 is 0 Å². The van der Waals surface area contributed by atoms with E-state index in [0.29, 0.717) is 28.7 Å². The van der Waals surface area contributed by atoms with Crippen LogP contribution in [0.1, 0.15) is 12.0 Å². The highest BCUT2D eigenvalue weighted by atomic mass is 35.5. The fourth-order valence-corrected chi connectivity index (χ4v) is 2.90. The summed E-state index contributed by atoms with van der Waals surface area (Å²) in [6.07, 6.45) is 0.546. The quantitative estimate of drug-likeness (QED) is 0.847. The van der Waals surface area contributed by atoms with Gasteiger partial charge in [-0.3, -0.25) is 9.59 Å². The summed E-state index contributed by atoms with van der Waals surface area (Å²) in [5.41, 5.74) is 1.41. The zero-order valence-corrected chi connectivity index (χ0v) is 14.3. The van der Waals surface area contributed by atoms with Crippen LogP contribution in [0, 0.1) is 11.8 Å². The molecule has 24 heavy (non-hydrogen) atoms. The van der Waals surface area contributed by atoms with Gasteiger partial charge in [-0.1, -0.05) is 53.5 Å². The highest BCUT2D eigenvalue weighted by molar-refractivity contribution is 6.33. The second-order valence-electron chi connectivity index (χ2n) is 5.73. The van der Waals surface area contributed by atoms with Gasteiger partial charge >= 0.3 is 0 Å². The van der Waals surface area contributed by atoms with Crippen molar-refractivity contribution in [3.05, 3.63) is 64.1 Å². The van der Waals surface area contributed by atoms with Gasteiger partial charge in [-0.05, 0) is 30.2 Å². The van der Waals surface area contributed by atoms with E-state index in [4.69, 9.17) is 23.2 Å². The molecule has 2 atom stereocenters. The Labute approximate surface area is 150 Å². The number of halogens is 2. The van der Waals surface area contributed by atoms with Crippen molar-refractivity contribution in [3.8, 4) is 0 Å². The van der Waals surface area contributed by atoms with Gasteiger partial charge in [0, 0.05) is 11.6 Å². The number of hydrogen-bond donors (Lipinski definition) is 2. The summed E-state index contributed by atoms with van der Waals surface area (Å²) in [7, 11) is 0. The van der Waals surface area contributed by atoms with Crippen molar-refractivity contribution < 1.29 is 9.59 Å². The molecule has 0 heterocycles. The Kier molecular flexibility index (Phi) is 5.07. The highest BCUT2D eigenvalue weighted by Crippen LogP contribution is 2.40. The first kappa shape index (κ1) is 16.8. The van der Waals surface area contributed by atoms with Gasteiger partial charge in [0.1, 0.15) is 0 Å². The third-order valence-electron chi connectivity index (χ3n) is 4.01. The van der Waals surface area contributed by atoms with Crippen LogP contribution in [0.25, 0.3) is 0 Å². The first-order valence-electron chi connectivity index (χ1n) is 7.63. The van der Waals surface area contributed by atoms with Crippen molar-refractivity contribution in [2.24, 2.45) is 11.8 Å². The summed E-state index contributed by atoms with van der Waals surface area (Å²) in [6.45, 7) is 0.355. The summed E-state index contributed by atoms with van der Waals surface area (Å²) in [5, 5.41) is 6.69. The monoisotopic (exact) mass is 362 g/mol. The zero-order valence-electron chi connectivity index (χ0n) is 12.8. The molecular weight excluding hydrogens is 347 g/mol. The van der Waals surface area contributed by atoms with Crippen LogP contribution in [0.15, 0.2) is 48.5 Å². The van der Waals surface area contributed by atoms with E-state index in [1.165, 1.54) is 0 Å². The SMILES string of the molecule is O=C(NCc1ccccc1Cl)C1CC1C(=O)Nc1ccccc1Cl. The van der Waals surface area contributed by atoms with E-state index in [1.54, 1.807) is 30.3 Å². The van der Waals surface area contributed by atoms with Crippen molar-refractivity contribution >= 4 is 40.7 Å². The molecule has 1 fully saturated rings. The smallest absolute Gasteiger partial charge is 0.228 e. The van der Waals surface area contributed by atoms with Crippen molar-refractivity contribution in [2.45, 2.75) is 13.0 Å². The summed E-state index contributed by atoms with van der Waals surface area (Å²) in [6, 6.07) is 14.4. The average Bonchev–Trinajstić information content (AvgIpc) is 3.37. The molecule has 2 unspecified atom stereocenters. The Morgan fingerprint density at radius 2 is 1.54 bits per heavy atom. The largest absolute Gasteiger partial charge is 0.352 e. The first-order chi connectivity index (χ1) is 11.6. The van der Waals surface area contributed by atoms with E-state index in [1.807, 2.05) is 18.2 Å². The minimum atomic E-state index is -0.312. The van der Waals surface area contributed by atoms with Crippen LogP contribution in [-0.2, 0) is 16.1 Å². The molecule has 0 aliphatic heterocycles. The van der Waals surface area contributed by atoms with E-state index in [0.717, 1.165) is 5.56 Å². The standard InChI is InChI=1S/C18H16Cl2N2O2/c19-14-6-2-1-5-11(14)10-21-17(23)12-9-13(12)18(24)22-16-8-4-3-7-15(16)20/h1-8,12-13H,9-10H2,(H,21,23)(H,22,24). The number of nitrogens with one attached hydrogen (secondary N) is 2. The van der Waals surface area contributed by atoms with Crippen LogP contribution in [0.4, 0.5) is 5.69 Å². The molecule has 0 aromatic heterocycles. The molecular formula is C18H16Cl2N2O2. The maximum Gasteiger partial charge on any atom is 0.228 e. The highest BCUT2D eigenvalue weighted by Gasteiger charge is 2.48. The van der Waals surface area contributed by atoms with Crippen LogP contribution in [0.5, 0.6) is 0 Å². The van der Waals surface area contributed by atoms with Crippen LogP contribution < -0.4 is 10.6 Å². The van der Waals surface area contributed by atoms with E-state index in [2.05, 4.69) is 10.6 Å². The molecule has 4 nitrogen and oxygen atoms in total. The lowest BCUT2D eigenvalue weighted by Gasteiger charge is -2.08. The third kappa shape index (κ3) is 3.89. The Balaban J connectivity index is 1.51. The maximum atomic E-state index is 12.2. The molecule has 2 aromatic carbocycles. The van der Waals surface area contributed by atoms with Crippen LogP contribution in [0.3, 0.4) is 0 Å². The molecule has 1 aliphatic rings. The number of anilines is 1. The fraction of sp³-hybridized carbons (Fsp3) is 0.222. The molecule has 6 heteroatoms. The number of carbonyl (C=O) groups is 2. The zero-order chi connectivity index (χ0) is 17.1. The Morgan fingerprint density at radius 3 is 2.25 bits per heavy atom. The van der Waals surface area contributed by atoms with Crippen LogP contribution in [0.2, 0.25) is 10.0 Å². The van der Waals surface area contributed by atoms with E-state index in [9.17, 15) is 9.59 Å². The van der Waals surface area contributed by atoms with Crippen molar-refractivity contribution in [1.82, 2.24) is 5.32 Å². The van der Waals surface area contributed by atoms with Gasteiger partial charge in [-0.25, -0.2) is 0 Å². The molecule has 0 saturated heterocycles. The number of hydrogen-bond acceptors (Lipinski definition) is 2. The van der Waals surface area contributed by atoms with Crippen molar-refractivity contribution in [2.75, 3.05) is 5.32 Å². The Hall–Kier alpha value is -2.04. The van der Waals surface area contributed by atoms with Crippen LogP contribution in [-0.4, -0.2) is 11.8 Å². The summed E-state index contributed by atoms with van der Waals surface area (Å²) in [5.74, 6) is -0.919. The minimum absolute atomic E-state index is 0.130. The van der Waals surface area contributed by atoms with Crippen molar-refractivity contribution in [3.63, 3.8) is 0 Å². The van der Waals surface area contributed by atoms with Gasteiger partial charge in [0.05, 0.1) is 22.5 Å². The van der Waals surface area contributed by atoms with Crippen molar-refractivity contribution in [1.29, 1.82) is 0 Å². The fourth-order valence-electron chi connectivity index (χ4n) is 2.52. The molecule has 2 N–H and O–H groups in total. The van der Waals surface area contributed by atoms with Crippen LogP contribution >= 0.6 is 23.2 Å². The molecule has 1 aliphatic carbocycles.